The van der Waals surface area contributed by atoms with Crippen LogP contribution in [0.15, 0.2) is 41.3 Å². The van der Waals surface area contributed by atoms with Gasteiger partial charge in [0.2, 0.25) is 10.0 Å². The minimum absolute atomic E-state index is 0.138. The van der Waals surface area contributed by atoms with E-state index in [2.05, 4.69) is 10.8 Å². The van der Waals surface area contributed by atoms with Crippen LogP contribution in [0.2, 0.25) is 0 Å². The molecule has 0 bridgehead atoms. The Hall–Kier alpha value is -1.86. The van der Waals surface area contributed by atoms with Crippen LogP contribution in [-0.2, 0) is 29.0 Å². The summed E-state index contributed by atoms with van der Waals surface area (Å²) in [7, 11) is -4.30. The normalized spacial score (nSPS) is 15.5. The Balaban J connectivity index is 1.92. The standard InChI is InChI=1S/C19H19F3NO2S/c1-12(2)13-7-8-18(17(11-13)19(20,21)22)26(24,25)23-16-9-14-5-3-4-6-15(14)10-16/h3,5-8,11-12,16,23H,9-10H2,1-2H3. The molecule has 1 radical (unpaired) electrons. The molecule has 7 heteroatoms. The van der Waals surface area contributed by atoms with Gasteiger partial charge in [0.05, 0.1) is 10.5 Å². The molecule has 2 aromatic carbocycles. The number of fused-ring (bicyclic) bond motifs is 1. The second kappa shape index (κ2) is 6.70. The van der Waals surface area contributed by atoms with Crippen LogP contribution in [0.25, 0.3) is 0 Å². The van der Waals surface area contributed by atoms with Gasteiger partial charge < -0.3 is 0 Å². The fourth-order valence-corrected chi connectivity index (χ4v) is 4.66. The van der Waals surface area contributed by atoms with Gasteiger partial charge >= 0.3 is 6.18 Å². The summed E-state index contributed by atoms with van der Waals surface area (Å²) in [6.07, 6.45) is -3.85. The number of nitrogens with one attached hydrogen (secondary N) is 1. The van der Waals surface area contributed by atoms with Gasteiger partial charge in [0.25, 0.3) is 0 Å². The lowest BCUT2D eigenvalue weighted by atomic mass is 10.0. The van der Waals surface area contributed by atoms with Crippen molar-refractivity contribution in [3.05, 3.63) is 64.7 Å². The molecular weight excluding hydrogens is 363 g/mol. The van der Waals surface area contributed by atoms with E-state index in [9.17, 15) is 21.6 Å². The molecule has 139 valence electrons. The lowest BCUT2D eigenvalue weighted by molar-refractivity contribution is -0.139. The van der Waals surface area contributed by atoms with E-state index in [0.717, 1.165) is 23.3 Å². The minimum atomic E-state index is -4.75. The molecule has 0 saturated heterocycles. The molecule has 1 aliphatic carbocycles. The van der Waals surface area contributed by atoms with Gasteiger partial charge in [0.15, 0.2) is 0 Å². The highest BCUT2D eigenvalue weighted by atomic mass is 32.2. The zero-order chi connectivity index (χ0) is 19.1. The van der Waals surface area contributed by atoms with Crippen LogP contribution >= 0.6 is 0 Å². The second-order valence-electron chi connectivity index (χ2n) is 6.83. The van der Waals surface area contributed by atoms with Gasteiger partial charge in [-0.3, -0.25) is 0 Å². The average molecular weight is 382 g/mol. The van der Waals surface area contributed by atoms with Gasteiger partial charge in [0, 0.05) is 6.04 Å². The molecule has 3 nitrogen and oxygen atoms in total. The van der Waals surface area contributed by atoms with Crippen molar-refractivity contribution in [2.75, 3.05) is 0 Å². The van der Waals surface area contributed by atoms with E-state index in [-0.39, 0.29) is 5.92 Å². The number of halogens is 3. The smallest absolute Gasteiger partial charge is 0.207 e. The monoisotopic (exact) mass is 382 g/mol. The Labute approximate surface area is 151 Å². The van der Waals surface area contributed by atoms with Crippen LogP contribution in [0.5, 0.6) is 0 Å². The summed E-state index contributed by atoms with van der Waals surface area (Å²) < 4.78 is 68.1. The van der Waals surface area contributed by atoms with E-state index in [1.54, 1.807) is 26.0 Å². The minimum Gasteiger partial charge on any atom is -0.207 e. The first-order valence-corrected chi connectivity index (χ1v) is 9.77. The van der Waals surface area contributed by atoms with Gasteiger partial charge in [0.1, 0.15) is 0 Å². The van der Waals surface area contributed by atoms with Gasteiger partial charge in [-0.15, -0.1) is 0 Å². The number of alkyl halides is 3. The van der Waals surface area contributed by atoms with Gasteiger partial charge in [-0.2, -0.15) is 13.2 Å². The van der Waals surface area contributed by atoms with Crippen LogP contribution in [0.1, 0.15) is 42.0 Å². The maximum Gasteiger partial charge on any atom is 0.417 e. The first-order chi connectivity index (χ1) is 12.1. The third kappa shape index (κ3) is 3.78. The van der Waals surface area contributed by atoms with Crippen LogP contribution in [0.4, 0.5) is 13.2 Å². The summed E-state index contributed by atoms with van der Waals surface area (Å²) >= 11 is 0. The average Bonchev–Trinajstić information content (AvgIpc) is 2.94. The van der Waals surface area contributed by atoms with Crippen LogP contribution in [0.3, 0.4) is 0 Å². The fraction of sp³-hybridized carbons (Fsp3) is 0.368. The van der Waals surface area contributed by atoms with Gasteiger partial charge in [-0.1, -0.05) is 38.1 Å². The van der Waals surface area contributed by atoms with Crippen molar-refractivity contribution < 1.29 is 21.6 Å². The highest BCUT2D eigenvalue weighted by Crippen LogP contribution is 2.36. The number of benzene rings is 2. The molecule has 0 aliphatic heterocycles. The molecule has 0 fully saturated rings. The van der Waals surface area contributed by atoms with E-state index in [0.29, 0.717) is 18.4 Å². The van der Waals surface area contributed by atoms with E-state index in [1.165, 1.54) is 6.07 Å². The van der Waals surface area contributed by atoms with E-state index < -0.39 is 32.7 Å². The lowest BCUT2D eigenvalue weighted by Gasteiger charge is -2.18. The first-order valence-electron chi connectivity index (χ1n) is 8.29. The Morgan fingerprint density at radius 1 is 1.15 bits per heavy atom. The number of hydrogen-bond acceptors (Lipinski definition) is 2. The molecule has 3 rings (SSSR count). The maximum atomic E-state index is 13.5. The Morgan fingerprint density at radius 2 is 1.85 bits per heavy atom. The number of sulfonamides is 1. The topological polar surface area (TPSA) is 46.2 Å². The highest BCUT2D eigenvalue weighted by Gasteiger charge is 2.38. The summed E-state index contributed by atoms with van der Waals surface area (Å²) in [6.45, 7) is 3.52. The Morgan fingerprint density at radius 3 is 2.46 bits per heavy atom. The summed E-state index contributed by atoms with van der Waals surface area (Å²) in [5.41, 5.74) is 1.27. The lowest BCUT2D eigenvalue weighted by Crippen LogP contribution is -2.36. The molecule has 0 spiro atoms. The largest absolute Gasteiger partial charge is 0.417 e. The summed E-state index contributed by atoms with van der Waals surface area (Å²) in [5, 5.41) is 0. The maximum absolute atomic E-state index is 13.5. The molecule has 0 amide bonds. The molecule has 1 N–H and O–H groups in total. The predicted molar refractivity (Wildman–Crippen MR) is 92.3 cm³/mol. The summed E-state index contributed by atoms with van der Waals surface area (Å²) in [4.78, 5) is -0.725. The van der Waals surface area contributed by atoms with E-state index in [4.69, 9.17) is 0 Å². The van der Waals surface area contributed by atoms with E-state index >= 15 is 0 Å². The fourth-order valence-electron chi connectivity index (χ4n) is 3.22. The SMILES string of the molecule is CC(C)c1ccc(S(=O)(=O)NC2Cc3c[c]ccc3C2)c(C(F)(F)F)c1. The zero-order valence-corrected chi connectivity index (χ0v) is 15.2. The molecule has 1 unspecified atom stereocenters. The van der Waals surface area contributed by atoms with E-state index in [1.807, 2.05) is 6.07 Å². The molecule has 0 saturated carbocycles. The summed E-state index contributed by atoms with van der Waals surface area (Å²) in [5.74, 6) is -0.138. The molecule has 0 aromatic heterocycles. The molecule has 0 heterocycles. The van der Waals surface area contributed by atoms with Crippen molar-refractivity contribution in [3.63, 3.8) is 0 Å². The second-order valence-corrected chi connectivity index (χ2v) is 8.51. The van der Waals surface area contributed by atoms with Gasteiger partial charge in [-0.05, 0) is 53.6 Å². The molecule has 1 atom stereocenters. The van der Waals surface area contributed by atoms with Crippen molar-refractivity contribution in [3.8, 4) is 0 Å². The third-order valence-electron chi connectivity index (χ3n) is 4.57. The molecule has 26 heavy (non-hydrogen) atoms. The molecule has 2 aromatic rings. The van der Waals surface area contributed by atoms with Gasteiger partial charge in [-0.25, -0.2) is 13.1 Å². The van der Waals surface area contributed by atoms with Crippen molar-refractivity contribution >= 4 is 10.0 Å². The Bertz CT molecular complexity index is 896. The van der Waals surface area contributed by atoms with Crippen molar-refractivity contribution in [2.45, 2.75) is 49.7 Å². The van der Waals surface area contributed by atoms with Crippen molar-refractivity contribution in [2.24, 2.45) is 0 Å². The van der Waals surface area contributed by atoms with Crippen molar-refractivity contribution in [1.82, 2.24) is 4.72 Å². The molecular formula is C19H19F3NO2S. The van der Waals surface area contributed by atoms with Crippen LogP contribution in [0, 0.1) is 6.07 Å². The van der Waals surface area contributed by atoms with Crippen LogP contribution in [-0.4, -0.2) is 14.5 Å². The highest BCUT2D eigenvalue weighted by molar-refractivity contribution is 7.89. The molecule has 1 aliphatic rings. The Kier molecular flexibility index (Phi) is 4.88. The quantitative estimate of drug-likeness (QED) is 0.866. The van der Waals surface area contributed by atoms with Crippen LogP contribution < -0.4 is 4.72 Å². The third-order valence-corrected chi connectivity index (χ3v) is 6.15. The first kappa shape index (κ1) is 18.9. The number of hydrogen-bond donors (Lipinski definition) is 1. The summed E-state index contributed by atoms with van der Waals surface area (Å²) in [6, 6.07) is 11.3. The van der Waals surface area contributed by atoms with Crippen molar-refractivity contribution in [1.29, 1.82) is 0 Å². The predicted octanol–water partition coefficient (Wildman–Crippen LogP) is 4.07. The number of rotatable bonds is 4. The zero-order valence-electron chi connectivity index (χ0n) is 14.4.